The summed E-state index contributed by atoms with van der Waals surface area (Å²) in [5, 5.41) is 10.7. The van der Waals surface area contributed by atoms with E-state index in [1.54, 1.807) is 6.92 Å². The first-order chi connectivity index (χ1) is 9.52. The van der Waals surface area contributed by atoms with Crippen molar-refractivity contribution < 1.29 is 19.2 Å². The third kappa shape index (κ3) is 2.76. The Labute approximate surface area is 115 Å². The number of fused-ring (bicyclic) bond motifs is 1. The molecule has 1 heterocycles. The van der Waals surface area contributed by atoms with Crippen molar-refractivity contribution in [2.24, 2.45) is 0 Å². The molecule has 0 unspecified atom stereocenters. The summed E-state index contributed by atoms with van der Waals surface area (Å²) < 4.78 is 4.80. The van der Waals surface area contributed by atoms with Crippen LogP contribution in [0.4, 0.5) is 5.69 Å². The Hall–Kier alpha value is -2.44. The number of carbonyl (C=O) groups is 2. The molecule has 0 aliphatic carbocycles. The predicted molar refractivity (Wildman–Crippen MR) is 69.1 cm³/mol. The fourth-order valence-corrected chi connectivity index (χ4v) is 2.12. The average molecular weight is 278 g/mol. The van der Waals surface area contributed by atoms with Crippen molar-refractivity contribution in [1.29, 1.82) is 0 Å². The number of amides is 1. The molecule has 2 rings (SSSR count). The molecule has 0 saturated heterocycles. The fraction of sp³-hybridized carbons (Fsp3) is 0.385. The number of hydrogen-bond acceptors (Lipinski definition) is 5. The van der Waals surface area contributed by atoms with Crippen LogP contribution in [-0.2, 0) is 16.1 Å². The van der Waals surface area contributed by atoms with Crippen LogP contribution in [0.3, 0.4) is 0 Å². The van der Waals surface area contributed by atoms with Gasteiger partial charge in [-0.05, 0) is 18.6 Å². The third-order valence-electron chi connectivity index (χ3n) is 3.07. The molecular formula is C13H14N2O5. The van der Waals surface area contributed by atoms with Gasteiger partial charge in [0.05, 0.1) is 18.0 Å². The van der Waals surface area contributed by atoms with Crippen molar-refractivity contribution in [3.8, 4) is 0 Å². The van der Waals surface area contributed by atoms with Gasteiger partial charge in [0, 0.05) is 30.8 Å². The maximum Gasteiger partial charge on any atom is 0.307 e. The van der Waals surface area contributed by atoms with E-state index in [1.807, 2.05) is 0 Å². The number of non-ortho nitro benzene ring substituents is 1. The number of nitrogens with zero attached hydrogens (tertiary/aromatic N) is 2. The third-order valence-corrected chi connectivity index (χ3v) is 3.07. The SMILES string of the molecule is CCOC(=O)CCN1Cc2cc([N+](=O)[O-])ccc2C1=O. The van der Waals surface area contributed by atoms with E-state index >= 15 is 0 Å². The van der Waals surface area contributed by atoms with Gasteiger partial charge in [-0.25, -0.2) is 0 Å². The molecule has 1 aliphatic heterocycles. The van der Waals surface area contributed by atoms with Gasteiger partial charge in [0.25, 0.3) is 11.6 Å². The lowest BCUT2D eigenvalue weighted by atomic mass is 10.1. The van der Waals surface area contributed by atoms with Crippen molar-refractivity contribution in [3.05, 3.63) is 39.4 Å². The smallest absolute Gasteiger partial charge is 0.307 e. The van der Waals surface area contributed by atoms with Gasteiger partial charge in [-0.3, -0.25) is 19.7 Å². The van der Waals surface area contributed by atoms with Gasteiger partial charge in [-0.1, -0.05) is 0 Å². The lowest BCUT2D eigenvalue weighted by Gasteiger charge is -2.14. The second kappa shape index (κ2) is 5.68. The molecule has 1 aliphatic rings. The van der Waals surface area contributed by atoms with E-state index in [-0.39, 0.29) is 37.1 Å². The highest BCUT2D eigenvalue weighted by molar-refractivity contribution is 5.98. The van der Waals surface area contributed by atoms with E-state index in [9.17, 15) is 19.7 Å². The number of carbonyl (C=O) groups excluding carboxylic acids is 2. The van der Waals surface area contributed by atoms with Crippen LogP contribution in [0.2, 0.25) is 0 Å². The summed E-state index contributed by atoms with van der Waals surface area (Å²) in [7, 11) is 0. The minimum absolute atomic E-state index is 0.0382. The highest BCUT2D eigenvalue weighted by Crippen LogP contribution is 2.26. The fourth-order valence-electron chi connectivity index (χ4n) is 2.12. The zero-order chi connectivity index (χ0) is 14.7. The highest BCUT2D eigenvalue weighted by Gasteiger charge is 2.29. The Bertz CT molecular complexity index is 570. The van der Waals surface area contributed by atoms with Gasteiger partial charge in [0.2, 0.25) is 0 Å². The number of rotatable bonds is 5. The molecule has 0 aromatic heterocycles. The van der Waals surface area contributed by atoms with Crippen molar-refractivity contribution in [3.63, 3.8) is 0 Å². The maximum absolute atomic E-state index is 12.1. The van der Waals surface area contributed by atoms with E-state index in [2.05, 4.69) is 0 Å². The summed E-state index contributed by atoms with van der Waals surface area (Å²) in [5.41, 5.74) is 1.04. The minimum Gasteiger partial charge on any atom is -0.466 e. The highest BCUT2D eigenvalue weighted by atomic mass is 16.6. The predicted octanol–water partition coefficient (Wildman–Crippen LogP) is 1.50. The molecule has 0 atom stereocenters. The zero-order valence-corrected chi connectivity index (χ0v) is 11.0. The largest absolute Gasteiger partial charge is 0.466 e. The van der Waals surface area contributed by atoms with Gasteiger partial charge in [-0.15, -0.1) is 0 Å². The Morgan fingerprint density at radius 1 is 1.50 bits per heavy atom. The second-order valence-electron chi connectivity index (χ2n) is 4.38. The van der Waals surface area contributed by atoms with E-state index in [0.29, 0.717) is 17.7 Å². The van der Waals surface area contributed by atoms with Gasteiger partial charge in [0.15, 0.2) is 0 Å². The standard InChI is InChI=1S/C13H14N2O5/c1-2-20-12(16)5-6-14-8-9-7-10(15(18)19)3-4-11(9)13(14)17/h3-4,7H,2,5-6,8H2,1H3. The molecule has 1 amide bonds. The number of nitro groups is 1. The molecule has 0 radical (unpaired) electrons. The molecular weight excluding hydrogens is 264 g/mol. The van der Waals surface area contributed by atoms with Crippen molar-refractivity contribution in [2.45, 2.75) is 19.9 Å². The first-order valence-electron chi connectivity index (χ1n) is 6.25. The molecule has 0 N–H and O–H groups in total. The lowest BCUT2D eigenvalue weighted by Crippen LogP contribution is -2.27. The quantitative estimate of drug-likeness (QED) is 0.462. The summed E-state index contributed by atoms with van der Waals surface area (Å²) in [6.07, 6.45) is 0.121. The molecule has 0 saturated carbocycles. The number of benzene rings is 1. The van der Waals surface area contributed by atoms with Crippen LogP contribution < -0.4 is 0 Å². The number of nitro benzene ring substituents is 1. The Morgan fingerprint density at radius 2 is 2.25 bits per heavy atom. The molecule has 20 heavy (non-hydrogen) atoms. The molecule has 106 valence electrons. The van der Waals surface area contributed by atoms with Gasteiger partial charge in [0.1, 0.15) is 0 Å². The average Bonchev–Trinajstić information content (AvgIpc) is 2.73. The van der Waals surface area contributed by atoms with Gasteiger partial charge >= 0.3 is 5.97 Å². The molecule has 0 bridgehead atoms. The van der Waals surface area contributed by atoms with Crippen LogP contribution >= 0.6 is 0 Å². The number of hydrogen-bond donors (Lipinski definition) is 0. The van der Waals surface area contributed by atoms with E-state index < -0.39 is 4.92 Å². The molecule has 7 nitrogen and oxygen atoms in total. The lowest BCUT2D eigenvalue weighted by molar-refractivity contribution is -0.384. The summed E-state index contributed by atoms with van der Waals surface area (Å²) >= 11 is 0. The van der Waals surface area contributed by atoms with Crippen LogP contribution in [0, 0.1) is 10.1 Å². The van der Waals surface area contributed by atoms with Crippen LogP contribution in [0.5, 0.6) is 0 Å². The maximum atomic E-state index is 12.1. The zero-order valence-electron chi connectivity index (χ0n) is 11.0. The van der Waals surface area contributed by atoms with Crippen molar-refractivity contribution in [2.75, 3.05) is 13.2 Å². The first kappa shape index (κ1) is 14.0. The molecule has 1 aromatic rings. The minimum atomic E-state index is -0.494. The number of ether oxygens (including phenoxy) is 1. The Kier molecular flexibility index (Phi) is 3.97. The van der Waals surface area contributed by atoms with Gasteiger partial charge in [-0.2, -0.15) is 0 Å². The first-order valence-corrected chi connectivity index (χ1v) is 6.25. The molecule has 0 fully saturated rings. The monoisotopic (exact) mass is 278 g/mol. The van der Waals surface area contributed by atoms with Crippen molar-refractivity contribution >= 4 is 17.6 Å². The Morgan fingerprint density at radius 3 is 2.90 bits per heavy atom. The topological polar surface area (TPSA) is 89.8 Å². The van der Waals surface area contributed by atoms with Gasteiger partial charge < -0.3 is 9.64 Å². The second-order valence-corrected chi connectivity index (χ2v) is 4.38. The molecule has 0 spiro atoms. The Balaban J connectivity index is 2.05. The van der Waals surface area contributed by atoms with Crippen LogP contribution in [-0.4, -0.2) is 34.9 Å². The summed E-state index contributed by atoms with van der Waals surface area (Å²) in [6, 6.07) is 4.17. The normalized spacial score (nSPS) is 13.2. The van der Waals surface area contributed by atoms with E-state index in [0.717, 1.165) is 0 Å². The summed E-state index contributed by atoms with van der Waals surface area (Å²) in [6.45, 7) is 2.56. The van der Waals surface area contributed by atoms with E-state index in [1.165, 1.54) is 23.1 Å². The van der Waals surface area contributed by atoms with Crippen LogP contribution in [0.15, 0.2) is 18.2 Å². The summed E-state index contributed by atoms with van der Waals surface area (Å²) in [5.74, 6) is -0.568. The molecule has 1 aromatic carbocycles. The number of esters is 1. The summed E-state index contributed by atoms with van der Waals surface area (Å²) in [4.78, 5) is 35.0. The van der Waals surface area contributed by atoms with Crippen LogP contribution in [0.1, 0.15) is 29.3 Å². The van der Waals surface area contributed by atoms with Crippen molar-refractivity contribution in [1.82, 2.24) is 4.90 Å². The van der Waals surface area contributed by atoms with Crippen LogP contribution in [0.25, 0.3) is 0 Å². The molecule has 7 heteroatoms. The van der Waals surface area contributed by atoms with E-state index in [4.69, 9.17) is 4.74 Å².